The van der Waals surface area contributed by atoms with Gasteiger partial charge in [0.05, 0.1) is 11.7 Å². The first-order valence-electron chi connectivity index (χ1n) is 13.1. The van der Waals surface area contributed by atoms with E-state index < -0.39 is 0 Å². The molecule has 1 atom stereocenters. The van der Waals surface area contributed by atoms with Gasteiger partial charge in [-0.25, -0.2) is 4.99 Å². The Morgan fingerprint density at radius 1 is 0.647 bits per heavy atom. The minimum absolute atomic E-state index is 0.263. The van der Waals surface area contributed by atoms with Gasteiger partial charge in [0, 0.05) is 17.8 Å². The molecule has 3 nitrogen and oxygen atoms in total. The summed E-state index contributed by atoms with van der Waals surface area (Å²) in [6.45, 7) is 1.01. The summed E-state index contributed by atoms with van der Waals surface area (Å²) < 4.78 is 0. The number of anilines is 1. The molecule has 3 aromatic carbocycles. The van der Waals surface area contributed by atoms with Gasteiger partial charge in [0.15, 0.2) is 0 Å². The third-order valence-corrected chi connectivity index (χ3v) is 8.91. The zero-order valence-electron chi connectivity index (χ0n) is 19.8. The number of hydrogen-bond donors (Lipinski definition) is 0. The molecule has 0 N–H and O–H groups in total. The van der Waals surface area contributed by atoms with Crippen LogP contribution in [-0.2, 0) is 0 Å². The minimum atomic E-state index is 0.263. The van der Waals surface area contributed by atoms with Gasteiger partial charge in [-0.1, -0.05) is 66.7 Å². The summed E-state index contributed by atoms with van der Waals surface area (Å²) in [5.74, 6) is 3.87. The highest BCUT2D eigenvalue weighted by molar-refractivity contribution is 6.01. The van der Waals surface area contributed by atoms with Crippen LogP contribution in [0.15, 0.2) is 96.0 Å². The quantitative estimate of drug-likeness (QED) is 0.421. The van der Waals surface area contributed by atoms with Crippen LogP contribution in [0, 0.1) is 17.8 Å². The van der Waals surface area contributed by atoms with Crippen LogP contribution in [0.2, 0.25) is 0 Å². The minimum Gasteiger partial charge on any atom is -0.334 e. The van der Waals surface area contributed by atoms with Gasteiger partial charge in [-0.05, 0) is 86.1 Å². The molecule has 1 heterocycles. The van der Waals surface area contributed by atoms with E-state index in [2.05, 4.69) is 101 Å². The third kappa shape index (κ3) is 3.36. The van der Waals surface area contributed by atoms with Crippen LogP contribution in [0.25, 0.3) is 0 Å². The third-order valence-electron chi connectivity index (χ3n) is 8.91. The van der Waals surface area contributed by atoms with Crippen LogP contribution >= 0.6 is 0 Å². The molecule has 1 saturated heterocycles. The monoisotopic (exact) mass is 447 g/mol. The maximum absolute atomic E-state index is 5.40. The second-order valence-electron chi connectivity index (χ2n) is 11.1. The van der Waals surface area contributed by atoms with E-state index in [4.69, 9.17) is 4.99 Å². The van der Waals surface area contributed by atoms with Gasteiger partial charge in [0.2, 0.25) is 5.96 Å². The molecule has 0 spiro atoms. The van der Waals surface area contributed by atoms with E-state index in [9.17, 15) is 0 Å². The van der Waals surface area contributed by atoms with E-state index in [-0.39, 0.29) is 11.6 Å². The Morgan fingerprint density at radius 3 is 1.76 bits per heavy atom. The molecule has 3 aromatic rings. The van der Waals surface area contributed by atoms with Gasteiger partial charge in [-0.15, -0.1) is 0 Å². The number of para-hydroxylation sites is 2. The van der Waals surface area contributed by atoms with Gasteiger partial charge in [0.1, 0.15) is 0 Å². The lowest BCUT2D eigenvalue weighted by atomic mass is 9.52. The SMILES string of the molecule is c1ccc(N=C2N(c3ccccc3)[C@@H](c3ccccc3)CN2C23CC4CC(CC(C4)C2)C3)cc1. The molecule has 5 fully saturated rings. The second kappa shape index (κ2) is 8.01. The van der Waals surface area contributed by atoms with Crippen molar-refractivity contribution in [2.45, 2.75) is 50.1 Å². The van der Waals surface area contributed by atoms with Crippen LogP contribution in [0.3, 0.4) is 0 Å². The summed E-state index contributed by atoms with van der Waals surface area (Å²) in [7, 11) is 0. The first kappa shape index (κ1) is 20.3. The van der Waals surface area contributed by atoms with Crippen LogP contribution in [0.1, 0.15) is 50.1 Å². The number of nitrogens with zero attached hydrogens (tertiary/aromatic N) is 3. The number of benzene rings is 3. The first-order chi connectivity index (χ1) is 16.8. The Kier molecular flexibility index (Phi) is 4.78. The molecule has 4 aliphatic carbocycles. The van der Waals surface area contributed by atoms with E-state index in [0.29, 0.717) is 0 Å². The highest BCUT2D eigenvalue weighted by atomic mass is 15.5. The fourth-order valence-electron chi connectivity index (χ4n) is 7.95. The van der Waals surface area contributed by atoms with Gasteiger partial charge >= 0.3 is 0 Å². The van der Waals surface area contributed by atoms with Gasteiger partial charge in [-0.3, -0.25) is 0 Å². The summed E-state index contributed by atoms with van der Waals surface area (Å²) in [5, 5.41) is 0. The molecule has 0 amide bonds. The highest BCUT2D eigenvalue weighted by Crippen LogP contribution is 2.59. The molecule has 0 aromatic heterocycles. The summed E-state index contributed by atoms with van der Waals surface area (Å²) in [4.78, 5) is 10.7. The average molecular weight is 448 g/mol. The molecule has 172 valence electrons. The van der Waals surface area contributed by atoms with Crippen LogP contribution < -0.4 is 4.90 Å². The number of hydrogen-bond acceptors (Lipinski definition) is 1. The van der Waals surface area contributed by atoms with Crippen molar-refractivity contribution in [3.63, 3.8) is 0 Å². The van der Waals surface area contributed by atoms with Gasteiger partial charge in [0.25, 0.3) is 0 Å². The zero-order valence-corrected chi connectivity index (χ0v) is 19.8. The fraction of sp³-hybridized carbons (Fsp3) is 0.387. The van der Waals surface area contributed by atoms with Crippen molar-refractivity contribution in [3.8, 4) is 0 Å². The smallest absolute Gasteiger partial charge is 0.207 e. The van der Waals surface area contributed by atoms with E-state index in [1.807, 2.05) is 0 Å². The van der Waals surface area contributed by atoms with Crippen molar-refractivity contribution in [3.05, 3.63) is 96.6 Å². The predicted octanol–water partition coefficient (Wildman–Crippen LogP) is 7.21. The maximum Gasteiger partial charge on any atom is 0.207 e. The molecule has 8 rings (SSSR count). The Balaban J connectivity index is 1.39. The van der Waals surface area contributed by atoms with Gasteiger partial charge in [-0.2, -0.15) is 0 Å². The first-order valence-corrected chi connectivity index (χ1v) is 13.1. The number of aliphatic imine (C=N–C) groups is 1. The van der Waals surface area contributed by atoms with Crippen LogP contribution in [0.5, 0.6) is 0 Å². The molecule has 1 aliphatic heterocycles. The van der Waals surface area contributed by atoms with Crippen LogP contribution in [0.4, 0.5) is 11.4 Å². The van der Waals surface area contributed by atoms with E-state index in [1.54, 1.807) is 0 Å². The standard InChI is InChI=1S/C31H33N3/c1-4-10-26(11-5-1)29-22-33(31-19-23-16-24(20-31)18-25(17-23)21-31)30(32-27-12-6-2-7-13-27)34(29)28-14-8-3-9-15-28/h1-15,23-25,29H,16-22H2/t23?,24?,25?,29-,31?/m1/s1. The summed E-state index contributed by atoms with van der Waals surface area (Å²) >= 11 is 0. The molecule has 0 unspecified atom stereocenters. The van der Waals surface area contributed by atoms with Crippen molar-refractivity contribution >= 4 is 17.3 Å². The molecule has 3 heteroatoms. The Labute approximate surface area is 203 Å². The van der Waals surface area contributed by atoms with Gasteiger partial charge < -0.3 is 9.80 Å². The molecule has 4 saturated carbocycles. The molecule has 0 radical (unpaired) electrons. The Hall–Kier alpha value is -3.07. The highest BCUT2D eigenvalue weighted by Gasteiger charge is 2.57. The molecule has 34 heavy (non-hydrogen) atoms. The van der Waals surface area contributed by atoms with E-state index in [1.165, 1.54) is 49.8 Å². The lowest BCUT2D eigenvalue weighted by molar-refractivity contribution is -0.0597. The van der Waals surface area contributed by atoms with Crippen molar-refractivity contribution in [1.82, 2.24) is 4.90 Å². The van der Waals surface area contributed by atoms with Crippen LogP contribution in [-0.4, -0.2) is 22.9 Å². The number of guanidine groups is 1. The fourth-order valence-corrected chi connectivity index (χ4v) is 7.95. The van der Waals surface area contributed by atoms with Crippen molar-refractivity contribution < 1.29 is 0 Å². The molecular formula is C31H33N3. The molecule has 5 aliphatic rings. The summed E-state index contributed by atoms with van der Waals surface area (Å²) in [5.41, 5.74) is 3.92. The lowest BCUT2D eigenvalue weighted by Crippen LogP contribution is -2.61. The van der Waals surface area contributed by atoms with E-state index >= 15 is 0 Å². The topological polar surface area (TPSA) is 18.8 Å². The Bertz CT molecular complexity index is 1140. The average Bonchev–Trinajstić information content (AvgIpc) is 3.25. The molecule has 4 bridgehead atoms. The summed E-state index contributed by atoms with van der Waals surface area (Å²) in [6.07, 6.45) is 8.42. The second-order valence-corrected chi connectivity index (χ2v) is 11.1. The van der Waals surface area contributed by atoms with Crippen molar-refractivity contribution in [1.29, 1.82) is 0 Å². The largest absolute Gasteiger partial charge is 0.334 e. The lowest BCUT2D eigenvalue weighted by Gasteiger charge is -2.60. The van der Waals surface area contributed by atoms with E-state index in [0.717, 1.165) is 35.9 Å². The normalized spacial score (nSPS) is 33.1. The van der Waals surface area contributed by atoms with Crippen molar-refractivity contribution in [2.75, 3.05) is 11.4 Å². The maximum atomic E-state index is 5.40. The Morgan fingerprint density at radius 2 is 1.18 bits per heavy atom. The zero-order chi connectivity index (χ0) is 22.5. The molecular weight excluding hydrogens is 414 g/mol. The number of rotatable bonds is 4. The predicted molar refractivity (Wildman–Crippen MR) is 139 cm³/mol. The van der Waals surface area contributed by atoms with Crippen molar-refractivity contribution in [2.24, 2.45) is 22.7 Å². The summed E-state index contributed by atoms with van der Waals surface area (Å²) in [6, 6.07) is 32.8.